The molecule has 0 spiro atoms. The van der Waals surface area contributed by atoms with Crippen molar-refractivity contribution in [2.24, 2.45) is 5.73 Å². The topological polar surface area (TPSA) is 82.8 Å². The van der Waals surface area contributed by atoms with Gasteiger partial charge >= 0.3 is 0 Å². The quantitative estimate of drug-likeness (QED) is 0.754. The third-order valence-electron chi connectivity index (χ3n) is 4.09. The van der Waals surface area contributed by atoms with Gasteiger partial charge in [0.1, 0.15) is 5.76 Å². The van der Waals surface area contributed by atoms with Gasteiger partial charge in [-0.1, -0.05) is 40.7 Å². The number of benzene rings is 1. The van der Waals surface area contributed by atoms with Gasteiger partial charge in [0.05, 0.1) is 23.6 Å². The zero-order chi connectivity index (χ0) is 16.2. The van der Waals surface area contributed by atoms with Crippen LogP contribution < -0.4 is 5.73 Å². The predicted molar refractivity (Wildman–Crippen MR) is 86.8 cm³/mol. The molecule has 0 aliphatic heterocycles. The van der Waals surface area contributed by atoms with Crippen LogP contribution in [0.25, 0.3) is 0 Å². The molecule has 2 aromatic heterocycles. The molecule has 0 saturated heterocycles. The maximum absolute atomic E-state index is 5.82. The van der Waals surface area contributed by atoms with E-state index in [1.54, 1.807) is 0 Å². The van der Waals surface area contributed by atoms with E-state index in [0.29, 0.717) is 13.1 Å². The highest BCUT2D eigenvalue weighted by atomic mass is 16.5. The van der Waals surface area contributed by atoms with Crippen molar-refractivity contribution in [1.82, 2.24) is 20.2 Å². The van der Waals surface area contributed by atoms with E-state index in [1.165, 1.54) is 5.56 Å². The Hall–Kier alpha value is -2.47. The number of hydrogen-bond acceptors (Lipinski definition) is 5. The van der Waals surface area contributed by atoms with E-state index in [2.05, 4.69) is 39.7 Å². The van der Waals surface area contributed by atoms with Gasteiger partial charge in [-0.2, -0.15) is 0 Å². The molecule has 0 amide bonds. The summed E-state index contributed by atoms with van der Waals surface area (Å²) in [5, 5.41) is 12.5. The zero-order valence-corrected chi connectivity index (χ0v) is 13.5. The van der Waals surface area contributed by atoms with Gasteiger partial charge in [0.15, 0.2) is 0 Å². The molecule has 0 aliphatic carbocycles. The third kappa shape index (κ3) is 3.32. The highest BCUT2D eigenvalue weighted by molar-refractivity contribution is 5.23. The van der Waals surface area contributed by atoms with Crippen LogP contribution in [0.5, 0.6) is 0 Å². The van der Waals surface area contributed by atoms with Crippen molar-refractivity contribution in [1.29, 1.82) is 0 Å². The number of aromatic nitrogens is 4. The highest BCUT2D eigenvalue weighted by Gasteiger charge is 2.16. The lowest BCUT2D eigenvalue weighted by Gasteiger charge is -2.08. The third-order valence-corrected chi connectivity index (χ3v) is 4.09. The molecule has 120 valence electrons. The fourth-order valence-electron chi connectivity index (χ4n) is 2.71. The Morgan fingerprint density at radius 1 is 1.13 bits per heavy atom. The first-order valence-electron chi connectivity index (χ1n) is 7.76. The summed E-state index contributed by atoms with van der Waals surface area (Å²) in [6.45, 7) is 4.86. The standard InChI is InChI=1S/C17H21N5O/c1-12-15(13(2)23-20-12)11-22-17(16(10-18)19-21-22)9-8-14-6-4-3-5-7-14/h3-7H,8-11,18H2,1-2H3. The Kier molecular flexibility index (Phi) is 4.52. The molecular weight excluding hydrogens is 290 g/mol. The van der Waals surface area contributed by atoms with Crippen LogP contribution in [0.2, 0.25) is 0 Å². The summed E-state index contributed by atoms with van der Waals surface area (Å²) in [6.07, 6.45) is 1.79. The first-order valence-corrected chi connectivity index (χ1v) is 7.76. The van der Waals surface area contributed by atoms with E-state index < -0.39 is 0 Å². The van der Waals surface area contributed by atoms with Gasteiger partial charge in [-0.15, -0.1) is 5.10 Å². The van der Waals surface area contributed by atoms with E-state index in [1.807, 2.05) is 24.6 Å². The molecule has 0 fully saturated rings. The summed E-state index contributed by atoms with van der Waals surface area (Å²) in [7, 11) is 0. The number of rotatable bonds is 6. The van der Waals surface area contributed by atoms with Crippen LogP contribution in [0.4, 0.5) is 0 Å². The van der Waals surface area contributed by atoms with Crippen LogP contribution in [0, 0.1) is 13.8 Å². The summed E-state index contributed by atoms with van der Waals surface area (Å²) < 4.78 is 7.15. The average Bonchev–Trinajstić information content (AvgIpc) is 3.11. The molecule has 0 aliphatic rings. The molecule has 2 N–H and O–H groups in total. The number of nitrogens with two attached hydrogens (primary N) is 1. The first-order chi connectivity index (χ1) is 11.2. The second-order valence-electron chi connectivity index (χ2n) is 5.63. The van der Waals surface area contributed by atoms with Crippen LogP contribution in [-0.2, 0) is 25.9 Å². The van der Waals surface area contributed by atoms with Gasteiger partial charge in [0.25, 0.3) is 0 Å². The van der Waals surface area contributed by atoms with E-state index >= 15 is 0 Å². The van der Waals surface area contributed by atoms with Gasteiger partial charge in [-0.25, -0.2) is 4.68 Å². The van der Waals surface area contributed by atoms with Crippen molar-refractivity contribution >= 4 is 0 Å². The lowest BCUT2D eigenvalue weighted by Crippen LogP contribution is -2.11. The number of aryl methyl sites for hydroxylation is 3. The molecular formula is C17H21N5O. The molecule has 0 saturated carbocycles. The monoisotopic (exact) mass is 311 g/mol. The molecule has 2 heterocycles. The van der Waals surface area contributed by atoms with Gasteiger partial charge in [-0.3, -0.25) is 0 Å². The minimum absolute atomic E-state index is 0.395. The summed E-state index contributed by atoms with van der Waals surface area (Å²) >= 11 is 0. The van der Waals surface area contributed by atoms with Crippen molar-refractivity contribution in [3.63, 3.8) is 0 Å². The van der Waals surface area contributed by atoms with Crippen LogP contribution in [-0.4, -0.2) is 20.2 Å². The van der Waals surface area contributed by atoms with Crippen LogP contribution in [0.1, 0.15) is 34.0 Å². The fraction of sp³-hybridized carbons (Fsp3) is 0.353. The van der Waals surface area contributed by atoms with Crippen LogP contribution in [0.3, 0.4) is 0 Å². The average molecular weight is 311 g/mol. The van der Waals surface area contributed by atoms with E-state index in [4.69, 9.17) is 10.3 Å². The van der Waals surface area contributed by atoms with Crippen molar-refractivity contribution < 1.29 is 4.52 Å². The molecule has 0 radical (unpaired) electrons. The smallest absolute Gasteiger partial charge is 0.138 e. The van der Waals surface area contributed by atoms with E-state index in [-0.39, 0.29) is 0 Å². The number of nitrogens with zero attached hydrogens (tertiary/aromatic N) is 4. The van der Waals surface area contributed by atoms with Crippen LogP contribution >= 0.6 is 0 Å². The van der Waals surface area contributed by atoms with E-state index in [9.17, 15) is 0 Å². The summed E-state index contributed by atoms with van der Waals surface area (Å²) in [5.41, 5.74) is 11.0. The first kappa shape index (κ1) is 15.4. The fourth-order valence-corrected chi connectivity index (χ4v) is 2.71. The largest absolute Gasteiger partial charge is 0.361 e. The second kappa shape index (κ2) is 6.75. The Labute approximate surface area is 135 Å². The molecule has 3 rings (SSSR count). The molecule has 1 aromatic carbocycles. The maximum atomic E-state index is 5.82. The van der Waals surface area contributed by atoms with Crippen molar-refractivity contribution in [3.05, 3.63) is 64.3 Å². The van der Waals surface area contributed by atoms with Crippen LogP contribution in [0.15, 0.2) is 34.9 Å². The molecule has 3 aromatic rings. The normalized spacial score (nSPS) is 11.1. The lowest BCUT2D eigenvalue weighted by molar-refractivity contribution is 0.391. The Morgan fingerprint density at radius 2 is 1.91 bits per heavy atom. The minimum atomic E-state index is 0.395. The molecule has 0 atom stereocenters. The van der Waals surface area contributed by atoms with Gasteiger partial charge in [0, 0.05) is 12.1 Å². The van der Waals surface area contributed by atoms with Crippen molar-refractivity contribution in [3.8, 4) is 0 Å². The van der Waals surface area contributed by atoms with E-state index in [0.717, 1.165) is 41.2 Å². The summed E-state index contributed by atoms with van der Waals surface area (Å²) in [6, 6.07) is 10.4. The molecule has 6 nitrogen and oxygen atoms in total. The summed E-state index contributed by atoms with van der Waals surface area (Å²) in [5.74, 6) is 0.821. The Morgan fingerprint density at radius 3 is 2.57 bits per heavy atom. The summed E-state index contributed by atoms with van der Waals surface area (Å²) in [4.78, 5) is 0. The lowest BCUT2D eigenvalue weighted by atomic mass is 10.1. The molecule has 23 heavy (non-hydrogen) atoms. The molecule has 6 heteroatoms. The van der Waals surface area contributed by atoms with Crippen molar-refractivity contribution in [2.75, 3.05) is 0 Å². The van der Waals surface area contributed by atoms with Crippen molar-refractivity contribution in [2.45, 2.75) is 39.8 Å². The van der Waals surface area contributed by atoms with Gasteiger partial charge in [0.2, 0.25) is 0 Å². The molecule has 0 unspecified atom stereocenters. The Balaban J connectivity index is 1.82. The Bertz CT molecular complexity index is 756. The minimum Gasteiger partial charge on any atom is -0.361 e. The SMILES string of the molecule is Cc1noc(C)c1Cn1nnc(CN)c1CCc1ccccc1. The predicted octanol–water partition coefficient (Wildman–Crippen LogP) is 2.18. The zero-order valence-electron chi connectivity index (χ0n) is 13.5. The second-order valence-corrected chi connectivity index (χ2v) is 5.63. The molecule has 0 bridgehead atoms. The van der Waals surface area contributed by atoms with Gasteiger partial charge in [-0.05, 0) is 32.3 Å². The maximum Gasteiger partial charge on any atom is 0.138 e. The van der Waals surface area contributed by atoms with Gasteiger partial charge < -0.3 is 10.3 Å². The number of hydrogen-bond donors (Lipinski definition) is 1. The highest BCUT2D eigenvalue weighted by Crippen LogP contribution is 2.17.